The molecule has 0 saturated carbocycles. The van der Waals surface area contributed by atoms with Gasteiger partial charge in [0.2, 0.25) is 5.91 Å². The van der Waals surface area contributed by atoms with Gasteiger partial charge in [-0.15, -0.1) is 0 Å². The maximum atomic E-state index is 12.2. The van der Waals surface area contributed by atoms with Gasteiger partial charge in [-0.05, 0) is 30.0 Å². The summed E-state index contributed by atoms with van der Waals surface area (Å²) in [5.41, 5.74) is 3.05. The molecule has 2 rings (SSSR count). The Bertz CT molecular complexity index is 614. The molecule has 0 aromatic heterocycles. The molecule has 4 heteroatoms. The van der Waals surface area contributed by atoms with Crippen molar-refractivity contribution in [1.29, 1.82) is 0 Å². The first-order valence-corrected chi connectivity index (χ1v) is 8.01. The highest BCUT2D eigenvalue weighted by Gasteiger charge is 2.12. The van der Waals surface area contributed by atoms with Gasteiger partial charge in [0.25, 0.3) is 0 Å². The van der Waals surface area contributed by atoms with E-state index in [1.807, 2.05) is 54.6 Å². The molecule has 0 radical (unpaired) electrons. The third-order valence-electron chi connectivity index (χ3n) is 3.80. The Kier molecular flexibility index (Phi) is 6.78. The number of anilines is 1. The van der Waals surface area contributed by atoms with E-state index >= 15 is 0 Å². The fourth-order valence-corrected chi connectivity index (χ4v) is 2.56. The highest BCUT2D eigenvalue weighted by Crippen LogP contribution is 2.17. The molecule has 0 aliphatic heterocycles. The molecule has 0 saturated heterocycles. The van der Waals surface area contributed by atoms with E-state index in [0.717, 1.165) is 23.2 Å². The molecule has 0 bridgehead atoms. The van der Waals surface area contributed by atoms with Crippen LogP contribution < -0.4 is 10.6 Å². The fourth-order valence-electron chi connectivity index (χ4n) is 2.56. The summed E-state index contributed by atoms with van der Waals surface area (Å²) in [6.07, 6.45) is 1.45. The lowest BCUT2D eigenvalue weighted by Crippen LogP contribution is -2.32. The second-order valence-electron chi connectivity index (χ2n) is 5.42. The second kappa shape index (κ2) is 9.08. The molecule has 122 valence electrons. The number of carbonyl (C=O) groups excluding carboxylic acids is 1. The van der Waals surface area contributed by atoms with Gasteiger partial charge in [0, 0.05) is 18.3 Å². The van der Waals surface area contributed by atoms with Crippen molar-refractivity contribution in [2.24, 2.45) is 0 Å². The largest absolute Gasteiger partial charge is 0.396 e. The molecule has 2 aromatic carbocycles. The maximum absolute atomic E-state index is 12.2. The van der Waals surface area contributed by atoms with Gasteiger partial charge in [-0.3, -0.25) is 4.79 Å². The van der Waals surface area contributed by atoms with Crippen molar-refractivity contribution in [2.75, 3.05) is 18.5 Å². The Labute approximate surface area is 137 Å². The highest BCUT2D eigenvalue weighted by atomic mass is 16.3. The van der Waals surface area contributed by atoms with Crippen molar-refractivity contribution in [3.63, 3.8) is 0 Å². The number of nitrogens with one attached hydrogen (secondary N) is 2. The number of aliphatic hydroxyl groups excluding tert-OH is 1. The van der Waals surface area contributed by atoms with Gasteiger partial charge < -0.3 is 15.7 Å². The smallest absolute Gasteiger partial charge is 0.238 e. The summed E-state index contributed by atoms with van der Waals surface area (Å²) in [7, 11) is 0. The SMILES string of the molecule is CCc1ccccc1NC(=O)CNC(CCO)c1ccccc1. The summed E-state index contributed by atoms with van der Waals surface area (Å²) in [5.74, 6) is -0.0789. The standard InChI is InChI=1S/C19H24N2O2/c1-2-15-8-6-7-11-18(15)21-19(23)14-20-17(12-13-22)16-9-4-3-5-10-16/h3-11,17,20,22H,2,12-14H2,1H3,(H,21,23). The van der Waals surface area contributed by atoms with Gasteiger partial charge in [-0.1, -0.05) is 55.5 Å². The van der Waals surface area contributed by atoms with E-state index < -0.39 is 0 Å². The van der Waals surface area contributed by atoms with E-state index in [1.165, 1.54) is 0 Å². The zero-order chi connectivity index (χ0) is 16.5. The average Bonchev–Trinajstić information content (AvgIpc) is 2.60. The molecule has 23 heavy (non-hydrogen) atoms. The number of amides is 1. The summed E-state index contributed by atoms with van der Waals surface area (Å²) in [6.45, 7) is 2.35. The molecule has 0 aliphatic rings. The molecule has 0 fully saturated rings. The lowest BCUT2D eigenvalue weighted by Gasteiger charge is -2.18. The van der Waals surface area contributed by atoms with Crippen molar-refractivity contribution < 1.29 is 9.90 Å². The molecule has 0 aliphatic carbocycles. The number of carbonyl (C=O) groups is 1. The predicted molar refractivity (Wildman–Crippen MR) is 93.3 cm³/mol. The Balaban J connectivity index is 1.94. The molecule has 2 aromatic rings. The van der Waals surface area contributed by atoms with E-state index in [9.17, 15) is 9.90 Å². The topological polar surface area (TPSA) is 61.4 Å². The van der Waals surface area contributed by atoms with Crippen LogP contribution in [0.4, 0.5) is 5.69 Å². The zero-order valence-electron chi connectivity index (χ0n) is 13.5. The minimum atomic E-state index is -0.0789. The number of aliphatic hydroxyl groups is 1. The van der Waals surface area contributed by atoms with E-state index in [0.29, 0.717) is 6.42 Å². The summed E-state index contributed by atoms with van der Waals surface area (Å²) >= 11 is 0. The number of para-hydroxylation sites is 1. The van der Waals surface area contributed by atoms with Crippen LogP contribution in [0.3, 0.4) is 0 Å². The number of benzene rings is 2. The first-order chi connectivity index (χ1) is 11.2. The van der Waals surface area contributed by atoms with Gasteiger partial charge in [0.1, 0.15) is 0 Å². The number of hydrogen-bond acceptors (Lipinski definition) is 3. The normalized spacial score (nSPS) is 11.9. The molecule has 0 spiro atoms. The Morgan fingerprint density at radius 2 is 1.78 bits per heavy atom. The van der Waals surface area contributed by atoms with Crippen molar-refractivity contribution in [1.82, 2.24) is 5.32 Å². The van der Waals surface area contributed by atoms with Crippen LogP contribution in [0.15, 0.2) is 54.6 Å². The molecule has 4 nitrogen and oxygen atoms in total. The first kappa shape index (κ1) is 17.2. The molecule has 0 heterocycles. The maximum Gasteiger partial charge on any atom is 0.238 e. The van der Waals surface area contributed by atoms with Gasteiger partial charge in [0.15, 0.2) is 0 Å². The van der Waals surface area contributed by atoms with Crippen LogP contribution in [0.1, 0.15) is 30.5 Å². The van der Waals surface area contributed by atoms with Crippen LogP contribution in [0.2, 0.25) is 0 Å². The number of aryl methyl sites for hydroxylation is 1. The van der Waals surface area contributed by atoms with Crippen LogP contribution in [0.5, 0.6) is 0 Å². The summed E-state index contributed by atoms with van der Waals surface area (Å²) in [5, 5.41) is 15.4. The quantitative estimate of drug-likeness (QED) is 0.702. The first-order valence-electron chi connectivity index (χ1n) is 8.01. The predicted octanol–water partition coefficient (Wildman–Crippen LogP) is 2.90. The molecule has 1 atom stereocenters. The second-order valence-corrected chi connectivity index (χ2v) is 5.42. The minimum Gasteiger partial charge on any atom is -0.396 e. The van der Waals surface area contributed by atoms with Crippen molar-refractivity contribution in [2.45, 2.75) is 25.8 Å². The molecular weight excluding hydrogens is 288 g/mol. The zero-order valence-corrected chi connectivity index (χ0v) is 13.5. The lowest BCUT2D eigenvalue weighted by molar-refractivity contribution is -0.115. The van der Waals surface area contributed by atoms with Crippen LogP contribution in [-0.2, 0) is 11.2 Å². The molecular formula is C19H24N2O2. The summed E-state index contributed by atoms with van der Waals surface area (Å²) < 4.78 is 0. The molecule has 1 unspecified atom stereocenters. The van der Waals surface area contributed by atoms with Crippen LogP contribution in [0.25, 0.3) is 0 Å². The van der Waals surface area contributed by atoms with Gasteiger partial charge in [-0.25, -0.2) is 0 Å². The van der Waals surface area contributed by atoms with Gasteiger partial charge >= 0.3 is 0 Å². The molecule has 1 amide bonds. The van der Waals surface area contributed by atoms with Crippen LogP contribution in [0, 0.1) is 0 Å². The van der Waals surface area contributed by atoms with Crippen molar-refractivity contribution >= 4 is 11.6 Å². The van der Waals surface area contributed by atoms with Crippen molar-refractivity contribution in [3.05, 3.63) is 65.7 Å². The highest BCUT2D eigenvalue weighted by molar-refractivity contribution is 5.93. The Morgan fingerprint density at radius 1 is 1.09 bits per heavy atom. The Hall–Kier alpha value is -2.17. The van der Waals surface area contributed by atoms with Crippen molar-refractivity contribution in [3.8, 4) is 0 Å². The van der Waals surface area contributed by atoms with Gasteiger partial charge in [-0.2, -0.15) is 0 Å². The fraction of sp³-hybridized carbons (Fsp3) is 0.316. The monoisotopic (exact) mass is 312 g/mol. The van der Waals surface area contributed by atoms with E-state index in [-0.39, 0.29) is 25.1 Å². The lowest BCUT2D eigenvalue weighted by atomic mass is 10.0. The minimum absolute atomic E-state index is 0.0339. The molecule has 3 N–H and O–H groups in total. The van der Waals surface area contributed by atoms with Gasteiger partial charge in [0.05, 0.1) is 6.54 Å². The Morgan fingerprint density at radius 3 is 2.48 bits per heavy atom. The third-order valence-corrected chi connectivity index (χ3v) is 3.80. The average molecular weight is 312 g/mol. The van der Waals surface area contributed by atoms with Crippen LogP contribution in [-0.4, -0.2) is 24.2 Å². The number of rotatable bonds is 8. The third kappa shape index (κ3) is 5.20. The van der Waals surface area contributed by atoms with Crippen LogP contribution >= 0.6 is 0 Å². The van der Waals surface area contributed by atoms with E-state index in [1.54, 1.807) is 0 Å². The van der Waals surface area contributed by atoms with E-state index in [4.69, 9.17) is 0 Å². The summed E-state index contributed by atoms with van der Waals surface area (Å²) in [6, 6.07) is 17.6. The summed E-state index contributed by atoms with van der Waals surface area (Å²) in [4.78, 5) is 12.2. The number of hydrogen-bond donors (Lipinski definition) is 3. The van der Waals surface area contributed by atoms with E-state index in [2.05, 4.69) is 17.6 Å².